The summed E-state index contributed by atoms with van der Waals surface area (Å²) >= 11 is 0. The highest BCUT2D eigenvalue weighted by Crippen LogP contribution is 2.13. The Balaban J connectivity index is 2.03. The fraction of sp³-hybridized carbons (Fsp3) is 0.900. The molecule has 1 fully saturated rings. The fourth-order valence-corrected chi connectivity index (χ4v) is 1.76. The van der Waals surface area contributed by atoms with Crippen molar-refractivity contribution in [2.45, 2.75) is 19.3 Å². The molecule has 4 nitrogen and oxygen atoms in total. The van der Waals surface area contributed by atoms with Gasteiger partial charge in [0, 0.05) is 19.6 Å². The first-order valence-electron chi connectivity index (χ1n) is 5.16. The van der Waals surface area contributed by atoms with Gasteiger partial charge in [-0.2, -0.15) is 0 Å². The second-order valence-electron chi connectivity index (χ2n) is 3.99. The van der Waals surface area contributed by atoms with E-state index in [1.54, 1.807) is 0 Å². The van der Waals surface area contributed by atoms with Gasteiger partial charge in [0.05, 0.1) is 6.61 Å². The largest absolute Gasteiger partial charge is 0.481 e. The average molecular weight is 201 g/mol. The van der Waals surface area contributed by atoms with Crippen LogP contribution in [-0.4, -0.2) is 49.3 Å². The first kappa shape index (κ1) is 11.5. The molecular weight excluding hydrogens is 182 g/mol. The molecule has 0 aliphatic carbocycles. The number of nitrogens with zero attached hydrogens (tertiary/aromatic N) is 1. The van der Waals surface area contributed by atoms with Gasteiger partial charge in [-0.15, -0.1) is 0 Å². The van der Waals surface area contributed by atoms with Crippen molar-refractivity contribution in [2.24, 2.45) is 5.92 Å². The van der Waals surface area contributed by atoms with E-state index < -0.39 is 5.97 Å². The van der Waals surface area contributed by atoms with Gasteiger partial charge in [-0.3, -0.25) is 4.79 Å². The van der Waals surface area contributed by atoms with Crippen molar-refractivity contribution in [2.75, 3.05) is 33.4 Å². The lowest BCUT2D eigenvalue weighted by molar-refractivity contribution is -0.137. The van der Waals surface area contributed by atoms with Gasteiger partial charge in [0.15, 0.2) is 0 Å². The highest BCUT2D eigenvalue weighted by molar-refractivity contribution is 5.66. The highest BCUT2D eigenvalue weighted by atomic mass is 16.5. The summed E-state index contributed by atoms with van der Waals surface area (Å²) in [6.07, 6.45) is 2.15. The third kappa shape index (κ3) is 4.58. The Labute approximate surface area is 84.8 Å². The zero-order valence-electron chi connectivity index (χ0n) is 8.74. The first-order chi connectivity index (χ1) is 6.68. The van der Waals surface area contributed by atoms with E-state index in [1.165, 1.54) is 0 Å². The summed E-state index contributed by atoms with van der Waals surface area (Å²) in [7, 11) is 2.04. The zero-order chi connectivity index (χ0) is 10.4. The predicted molar refractivity (Wildman–Crippen MR) is 53.3 cm³/mol. The predicted octanol–water partition coefficient (Wildman–Crippen LogP) is 0.819. The minimum atomic E-state index is -0.706. The van der Waals surface area contributed by atoms with Crippen LogP contribution < -0.4 is 0 Å². The van der Waals surface area contributed by atoms with Crippen molar-refractivity contribution in [1.82, 2.24) is 4.90 Å². The number of aliphatic carboxylic acids is 1. The molecule has 1 saturated heterocycles. The maximum absolute atomic E-state index is 10.3. The van der Waals surface area contributed by atoms with E-state index in [9.17, 15) is 4.79 Å². The van der Waals surface area contributed by atoms with Crippen molar-refractivity contribution in [3.63, 3.8) is 0 Å². The van der Waals surface area contributed by atoms with Crippen LogP contribution in [0.1, 0.15) is 19.3 Å². The molecule has 0 aromatic carbocycles. The number of carbonyl (C=O) groups is 1. The Bertz CT molecular complexity index is 178. The molecule has 1 atom stereocenters. The fourth-order valence-electron chi connectivity index (χ4n) is 1.76. The second kappa shape index (κ2) is 5.98. The summed E-state index contributed by atoms with van der Waals surface area (Å²) in [6, 6.07) is 0. The second-order valence-corrected chi connectivity index (χ2v) is 3.99. The number of hydrogen-bond acceptors (Lipinski definition) is 3. The quantitative estimate of drug-likeness (QED) is 0.691. The molecular formula is C10H19NO3. The van der Waals surface area contributed by atoms with Crippen LogP contribution in [0, 0.1) is 5.92 Å². The number of rotatable bonds is 6. The molecule has 0 aromatic rings. The Kier molecular flexibility index (Phi) is 4.90. The van der Waals surface area contributed by atoms with Crippen molar-refractivity contribution in [3.05, 3.63) is 0 Å². The van der Waals surface area contributed by atoms with Gasteiger partial charge >= 0.3 is 5.97 Å². The molecule has 1 rings (SSSR count). The molecule has 0 amide bonds. The van der Waals surface area contributed by atoms with E-state index in [4.69, 9.17) is 9.84 Å². The highest BCUT2D eigenvalue weighted by Gasteiger charge is 2.17. The lowest BCUT2D eigenvalue weighted by Gasteiger charge is -2.19. The van der Waals surface area contributed by atoms with Gasteiger partial charge in [0.1, 0.15) is 0 Å². The van der Waals surface area contributed by atoms with Crippen molar-refractivity contribution in [3.8, 4) is 0 Å². The molecule has 0 spiro atoms. The Morgan fingerprint density at radius 3 is 3.00 bits per heavy atom. The maximum atomic E-state index is 10.3. The molecule has 0 aromatic heterocycles. The number of hydrogen-bond donors (Lipinski definition) is 1. The van der Waals surface area contributed by atoms with Crippen LogP contribution in [0.25, 0.3) is 0 Å². The minimum Gasteiger partial charge on any atom is -0.481 e. The van der Waals surface area contributed by atoms with Crippen LogP contribution in [0.3, 0.4) is 0 Å². The molecule has 1 N–H and O–H groups in total. The van der Waals surface area contributed by atoms with Crippen molar-refractivity contribution < 1.29 is 14.6 Å². The average Bonchev–Trinajstić information content (AvgIpc) is 2.56. The van der Waals surface area contributed by atoms with Gasteiger partial charge in [0.25, 0.3) is 0 Å². The SMILES string of the molecule is CN(CCCC(=O)O)CC1CCOC1. The minimum absolute atomic E-state index is 0.269. The summed E-state index contributed by atoms with van der Waals surface area (Å²) in [6.45, 7) is 3.64. The standard InChI is InChI=1S/C10H19NO3/c1-11(5-2-3-10(12)13)7-9-4-6-14-8-9/h9H,2-8H2,1H3,(H,12,13). The monoisotopic (exact) mass is 201 g/mol. The van der Waals surface area contributed by atoms with Gasteiger partial charge in [0.2, 0.25) is 0 Å². The number of carboxylic acid groups (broad SMARTS) is 1. The summed E-state index contributed by atoms with van der Waals surface area (Å²) in [5.41, 5.74) is 0. The van der Waals surface area contributed by atoms with E-state index in [2.05, 4.69) is 4.90 Å². The van der Waals surface area contributed by atoms with Crippen LogP contribution in [0.2, 0.25) is 0 Å². The third-order valence-electron chi connectivity index (χ3n) is 2.52. The Hall–Kier alpha value is -0.610. The van der Waals surface area contributed by atoms with Crippen molar-refractivity contribution in [1.29, 1.82) is 0 Å². The van der Waals surface area contributed by atoms with E-state index in [-0.39, 0.29) is 6.42 Å². The van der Waals surface area contributed by atoms with Crippen LogP contribution in [0.5, 0.6) is 0 Å². The summed E-state index contributed by atoms with van der Waals surface area (Å²) in [5.74, 6) is -0.0626. The van der Waals surface area contributed by atoms with Crippen LogP contribution in [0.4, 0.5) is 0 Å². The van der Waals surface area contributed by atoms with Crippen LogP contribution >= 0.6 is 0 Å². The lowest BCUT2D eigenvalue weighted by atomic mass is 10.1. The molecule has 82 valence electrons. The lowest BCUT2D eigenvalue weighted by Crippen LogP contribution is -2.27. The normalized spacial score (nSPS) is 21.7. The first-order valence-corrected chi connectivity index (χ1v) is 5.16. The third-order valence-corrected chi connectivity index (χ3v) is 2.52. The molecule has 0 bridgehead atoms. The molecule has 1 heterocycles. The van der Waals surface area contributed by atoms with E-state index in [0.717, 1.165) is 39.1 Å². The molecule has 1 aliphatic heterocycles. The van der Waals surface area contributed by atoms with Gasteiger partial charge < -0.3 is 14.7 Å². The number of ether oxygens (including phenoxy) is 1. The molecule has 1 unspecified atom stereocenters. The maximum Gasteiger partial charge on any atom is 0.303 e. The van der Waals surface area contributed by atoms with Gasteiger partial charge in [-0.25, -0.2) is 0 Å². The topological polar surface area (TPSA) is 49.8 Å². The smallest absolute Gasteiger partial charge is 0.303 e. The van der Waals surface area contributed by atoms with Gasteiger partial charge in [-0.1, -0.05) is 0 Å². The molecule has 0 radical (unpaired) electrons. The molecule has 4 heteroatoms. The Morgan fingerprint density at radius 2 is 2.43 bits per heavy atom. The summed E-state index contributed by atoms with van der Waals surface area (Å²) in [4.78, 5) is 12.5. The van der Waals surface area contributed by atoms with E-state index >= 15 is 0 Å². The van der Waals surface area contributed by atoms with Crippen LogP contribution in [0.15, 0.2) is 0 Å². The van der Waals surface area contributed by atoms with Crippen LogP contribution in [-0.2, 0) is 9.53 Å². The zero-order valence-corrected chi connectivity index (χ0v) is 8.74. The summed E-state index contributed by atoms with van der Waals surface area (Å²) < 4.78 is 5.28. The van der Waals surface area contributed by atoms with E-state index in [1.807, 2.05) is 7.05 Å². The molecule has 1 aliphatic rings. The molecule has 0 saturated carbocycles. The van der Waals surface area contributed by atoms with Crippen molar-refractivity contribution >= 4 is 5.97 Å². The summed E-state index contributed by atoms with van der Waals surface area (Å²) in [5, 5.41) is 8.47. The van der Waals surface area contributed by atoms with Gasteiger partial charge in [-0.05, 0) is 32.4 Å². The Morgan fingerprint density at radius 1 is 1.64 bits per heavy atom. The molecule has 14 heavy (non-hydrogen) atoms. The van der Waals surface area contributed by atoms with E-state index in [0.29, 0.717) is 5.92 Å². The number of carboxylic acids is 1.